The van der Waals surface area contributed by atoms with E-state index in [1.165, 1.54) is 0 Å². The molecule has 0 aliphatic rings. The van der Waals surface area contributed by atoms with Gasteiger partial charge in [0.05, 0.1) is 23.7 Å². The van der Waals surface area contributed by atoms with Crippen LogP contribution in [0.5, 0.6) is 5.75 Å². The van der Waals surface area contributed by atoms with Gasteiger partial charge in [0.2, 0.25) is 0 Å². The van der Waals surface area contributed by atoms with Gasteiger partial charge in [0, 0.05) is 12.1 Å². The summed E-state index contributed by atoms with van der Waals surface area (Å²) in [6.45, 7) is 2.80. The molecule has 3 rings (SSSR count). The molecule has 0 saturated carbocycles. The van der Waals surface area contributed by atoms with E-state index in [0.717, 1.165) is 28.9 Å². The van der Waals surface area contributed by atoms with Crippen LogP contribution in [0.15, 0.2) is 48.5 Å². The standard InChI is InChI=1S/C19H17N3O/c1-3-22-17-10-6-5-9-16(17)21-19(22)15(13-20)12-14-8-4-7-11-18(14)23-2/h4-12H,3H2,1-2H3/b15-12-. The summed E-state index contributed by atoms with van der Waals surface area (Å²) in [4.78, 5) is 4.64. The molecule has 0 spiro atoms. The fourth-order valence-corrected chi connectivity index (χ4v) is 2.69. The maximum atomic E-state index is 9.64. The molecule has 0 saturated heterocycles. The van der Waals surface area contributed by atoms with Crippen molar-refractivity contribution in [2.45, 2.75) is 13.5 Å². The molecule has 4 nitrogen and oxygen atoms in total. The molecular weight excluding hydrogens is 286 g/mol. The van der Waals surface area contributed by atoms with E-state index in [1.807, 2.05) is 54.6 Å². The number of hydrogen-bond donors (Lipinski definition) is 0. The molecule has 0 aliphatic carbocycles. The fraction of sp³-hybridized carbons (Fsp3) is 0.158. The molecule has 0 atom stereocenters. The van der Waals surface area contributed by atoms with Crippen molar-refractivity contribution in [2.24, 2.45) is 0 Å². The second kappa shape index (κ2) is 6.37. The minimum Gasteiger partial charge on any atom is -0.496 e. The first-order valence-electron chi connectivity index (χ1n) is 7.49. The summed E-state index contributed by atoms with van der Waals surface area (Å²) >= 11 is 0. The number of imidazole rings is 1. The SMILES string of the molecule is CCn1c(/C(C#N)=C\c2ccccc2OC)nc2ccccc21. The molecule has 4 heteroatoms. The number of methoxy groups -OCH3 is 1. The van der Waals surface area contributed by atoms with Gasteiger partial charge in [-0.1, -0.05) is 30.3 Å². The first kappa shape index (κ1) is 14.9. The lowest BCUT2D eigenvalue weighted by atomic mass is 10.1. The van der Waals surface area contributed by atoms with Crippen molar-refractivity contribution in [2.75, 3.05) is 7.11 Å². The number of ether oxygens (including phenoxy) is 1. The summed E-state index contributed by atoms with van der Waals surface area (Å²) < 4.78 is 7.42. The molecule has 23 heavy (non-hydrogen) atoms. The van der Waals surface area contributed by atoms with Crippen molar-refractivity contribution >= 4 is 22.7 Å². The highest BCUT2D eigenvalue weighted by Crippen LogP contribution is 2.26. The summed E-state index contributed by atoms with van der Waals surface area (Å²) in [7, 11) is 1.63. The van der Waals surface area contributed by atoms with Crippen LogP contribution in [0.25, 0.3) is 22.7 Å². The van der Waals surface area contributed by atoms with Crippen LogP contribution in [0.4, 0.5) is 0 Å². The number of para-hydroxylation sites is 3. The van der Waals surface area contributed by atoms with Gasteiger partial charge in [0.15, 0.2) is 5.82 Å². The summed E-state index contributed by atoms with van der Waals surface area (Å²) in [6, 6.07) is 17.8. The highest BCUT2D eigenvalue weighted by atomic mass is 16.5. The van der Waals surface area contributed by atoms with E-state index in [0.29, 0.717) is 11.4 Å². The Morgan fingerprint density at radius 1 is 1.22 bits per heavy atom. The number of benzene rings is 2. The average molecular weight is 303 g/mol. The van der Waals surface area contributed by atoms with E-state index in [1.54, 1.807) is 7.11 Å². The van der Waals surface area contributed by atoms with Gasteiger partial charge in [0.1, 0.15) is 11.8 Å². The Morgan fingerprint density at radius 3 is 2.70 bits per heavy atom. The molecule has 3 aromatic rings. The van der Waals surface area contributed by atoms with Crippen LogP contribution >= 0.6 is 0 Å². The Hall–Kier alpha value is -3.06. The monoisotopic (exact) mass is 303 g/mol. The predicted molar refractivity (Wildman–Crippen MR) is 91.9 cm³/mol. The Bertz CT molecular complexity index is 916. The van der Waals surface area contributed by atoms with Gasteiger partial charge in [-0.15, -0.1) is 0 Å². The maximum Gasteiger partial charge on any atom is 0.151 e. The molecule has 114 valence electrons. The van der Waals surface area contributed by atoms with Gasteiger partial charge >= 0.3 is 0 Å². The molecule has 0 aliphatic heterocycles. The number of fused-ring (bicyclic) bond motifs is 1. The number of aromatic nitrogens is 2. The number of hydrogen-bond acceptors (Lipinski definition) is 3. The minimum absolute atomic E-state index is 0.521. The predicted octanol–water partition coefficient (Wildman–Crippen LogP) is 4.13. The number of nitrogens with zero attached hydrogens (tertiary/aromatic N) is 3. The second-order valence-corrected chi connectivity index (χ2v) is 5.08. The van der Waals surface area contributed by atoms with E-state index in [4.69, 9.17) is 4.74 Å². The molecule has 0 unspecified atom stereocenters. The van der Waals surface area contributed by atoms with E-state index in [-0.39, 0.29) is 0 Å². The fourth-order valence-electron chi connectivity index (χ4n) is 2.69. The molecule has 1 heterocycles. The van der Waals surface area contributed by atoms with Crippen molar-refractivity contribution < 1.29 is 4.74 Å². The first-order valence-corrected chi connectivity index (χ1v) is 7.49. The van der Waals surface area contributed by atoms with Gasteiger partial charge in [-0.05, 0) is 31.2 Å². The third-order valence-electron chi connectivity index (χ3n) is 3.77. The highest BCUT2D eigenvalue weighted by molar-refractivity contribution is 5.91. The zero-order valence-corrected chi connectivity index (χ0v) is 13.2. The Morgan fingerprint density at radius 2 is 1.96 bits per heavy atom. The van der Waals surface area contributed by atoms with E-state index < -0.39 is 0 Å². The molecule has 0 fully saturated rings. The topological polar surface area (TPSA) is 50.8 Å². The molecule has 0 amide bonds. The zero-order chi connectivity index (χ0) is 16.2. The van der Waals surface area contributed by atoms with Crippen LogP contribution in [0.3, 0.4) is 0 Å². The minimum atomic E-state index is 0.521. The summed E-state index contributed by atoms with van der Waals surface area (Å²) in [5, 5.41) is 9.64. The van der Waals surface area contributed by atoms with Crippen LogP contribution in [-0.4, -0.2) is 16.7 Å². The number of allylic oxidation sites excluding steroid dienone is 1. The number of rotatable bonds is 4. The second-order valence-electron chi connectivity index (χ2n) is 5.08. The Labute approximate surface area is 135 Å². The first-order chi connectivity index (χ1) is 11.3. The molecular formula is C19H17N3O. The Kier molecular flexibility index (Phi) is 4.11. The maximum absolute atomic E-state index is 9.64. The van der Waals surface area contributed by atoms with E-state index in [9.17, 15) is 5.26 Å². The van der Waals surface area contributed by atoms with Gasteiger partial charge in [-0.3, -0.25) is 0 Å². The smallest absolute Gasteiger partial charge is 0.151 e. The van der Waals surface area contributed by atoms with Gasteiger partial charge in [-0.25, -0.2) is 4.98 Å². The summed E-state index contributed by atoms with van der Waals surface area (Å²) in [5.74, 6) is 1.42. The molecule has 2 aromatic carbocycles. The van der Waals surface area contributed by atoms with Crippen molar-refractivity contribution in [3.8, 4) is 11.8 Å². The van der Waals surface area contributed by atoms with Crippen molar-refractivity contribution in [1.29, 1.82) is 5.26 Å². The quantitative estimate of drug-likeness (QED) is 0.681. The highest BCUT2D eigenvalue weighted by Gasteiger charge is 2.14. The largest absolute Gasteiger partial charge is 0.496 e. The number of nitriles is 1. The van der Waals surface area contributed by atoms with E-state index >= 15 is 0 Å². The average Bonchev–Trinajstić information content (AvgIpc) is 2.98. The summed E-state index contributed by atoms with van der Waals surface area (Å²) in [6.07, 6.45) is 1.83. The van der Waals surface area contributed by atoms with Crippen LogP contribution in [-0.2, 0) is 6.54 Å². The molecule has 0 N–H and O–H groups in total. The zero-order valence-electron chi connectivity index (χ0n) is 13.2. The van der Waals surface area contributed by atoms with Crippen molar-refractivity contribution in [1.82, 2.24) is 9.55 Å². The third-order valence-corrected chi connectivity index (χ3v) is 3.77. The van der Waals surface area contributed by atoms with Gasteiger partial charge in [0.25, 0.3) is 0 Å². The van der Waals surface area contributed by atoms with Crippen LogP contribution in [0.1, 0.15) is 18.3 Å². The van der Waals surface area contributed by atoms with Crippen LogP contribution in [0, 0.1) is 11.3 Å². The lowest BCUT2D eigenvalue weighted by Crippen LogP contribution is -2.00. The van der Waals surface area contributed by atoms with Gasteiger partial charge in [-0.2, -0.15) is 5.26 Å². The van der Waals surface area contributed by atoms with E-state index in [2.05, 4.69) is 22.5 Å². The molecule has 0 radical (unpaired) electrons. The van der Waals surface area contributed by atoms with Gasteiger partial charge < -0.3 is 9.30 Å². The lowest BCUT2D eigenvalue weighted by Gasteiger charge is -2.07. The van der Waals surface area contributed by atoms with Crippen LogP contribution in [0.2, 0.25) is 0 Å². The van der Waals surface area contributed by atoms with Crippen molar-refractivity contribution in [3.63, 3.8) is 0 Å². The molecule has 1 aromatic heterocycles. The lowest BCUT2D eigenvalue weighted by molar-refractivity contribution is 0.414. The van der Waals surface area contributed by atoms with Crippen molar-refractivity contribution in [3.05, 3.63) is 59.9 Å². The molecule has 0 bridgehead atoms. The van der Waals surface area contributed by atoms with Crippen LogP contribution < -0.4 is 4.74 Å². The summed E-state index contributed by atoms with van der Waals surface area (Å²) in [5.41, 5.74) is 3.31. The number of aryl methyl sites for hydroxylation is 1. The Balaban J connectivity index is 2.19. The normalized spacial score (nSPS) is 11.4. The third kappa shape index (κ3) is 2.69.